The molecule has 3 aromatic rings. The lowest BCUT2D eigenvalue weighted by Crippen LogP contribution is -2.44. The zero-order valence-corrected chi connectivity index (χ0v) is 17.8. The highest BCUT2D eigenvalue weighted by Gasteiger charge is 2.34. The number of ether oxygens (including phenoxy) is 3. The van der Waals surface area contributed by atoms with Gasteiger partial charge in [-0.2, -0.15) is 4.52 Å². The summed E-state index contributed by atoms with van der Waals surface area (Å²) in [6, 6.07) is 11.6. The van der Waals surface area contributed by atoms with E-state index in [2.05, 4.69) is 32.7 Å². The monoisotopic (exact) mass is 425 g/mol. The molecule has 1 fully saturated rings. The van der Waals surface area contributed by atoms with Crippen molar-refractivity contribution in [3.05, 3.63) is 47.8 Å². The molecule has 1 amide bonds. The second kappa shape index (κ2) is 9.30. The van der Waals surface area contributed by atoms with Crippen LogP contribution < -0.4 is 14.8 Å². The lowest BCUT2D eigenvalue weighted by atomic mass is 9.74. The molecule has 0 bridgehead atoms. The molecule has 4 rings (SSSR count). The van der Waals surface area contributed by atoms with Gasteiger partial charge in [-0.3, -0.25) is 4.79 Å². The van der Waals surface area contributed by atoms with Crippen LogP contribution in [-0.2, 0) is 21.4 Å². The zero-order valence-electron chi connectivity index (χ0n) is 17.8. The Morgan fingerprint density at radius 1 is 1.10 bits per heavy atom. The van der Waals surface area contributed by atoms with Gasteiger partial charge in [0.2, 0.25) is 11.8 Å². The lowest BCUT2D eigenvalue weighted by molar-refractivity contribution is -0.121. The Kier molecular flexibility index (Phi) is 6.31. The molecule has 1 aliphatic rings. The highest BCUT2D eigenvalue weighted by atomic mass is 16.5. The van der Waals surface area contributed by atoms with Crippen molar-refractivity contribution in [1.29, 1.82) is 0 Å². The quantitative estimate of drug-likeness (QED) is 0.589. The lowest BCUT2D eigenvalue weighted by Gasteiger charge is -2.38. The van der Waals surface area contributed by atoms with Crippen LogP contribution in [0.5, 0.6) is 11.6 Å². The summed E-state index contributed by atoms with van der Waals surface area (Å²) >= 11 is 0. The van der Waals surface area contributed by atoms with Crippen LogP contribution in [0.25, 0.3) is 5.65 Å². The van der Waals surface area contributed by atoms with Gasteiger partial charge in [0.1, 0.15) is 5.75 Å². The number of aromatic nitrogens is 4. The van der Waals surface area contributed by atoms with Crippen LogP contribution in [0.15, 0.2) is 36.4 Å². The van der Waals surface area contributed by atoms with Crippen LogP contribution in [0.4, 0.5) is 0 Å². The number of nitrogens with zero attached hydrogens (tertiary/aromatic N) is 4. The van der Waals surface area contributed by atoms with E-state index >= 15 is 0 Å². The van der Waals surface area contributed by atoms with Crippen molar-refractivity contribution >= 4 is 11.6 Å². The van der Waals surface area contributed by atoms with Crippen molar-refractivity contribution < 1.29 is 19.0 Å². The van der Waals surface area contributed by atoms with Crippen molar-refractivity contribution in [3.63, 3.8) is 0 Å². The van der Waals surface area contributed by atoms with Crippen LogP contribution in [0, 0.1) is 0 Å². The van der Waals surface area contributed by atoms with Crippen molar-refractivity contribution in [2.75, 3.05) is 34.0 Å². The predicted molar refractivity (Wildman–Crippen MR) is 113 cm³/mol. The van der Waals surface area contributed by atoms with E-state index in [1.807, 2.05) is 12.1 Å². The van der Waals surface area contributed by atoms with Crippen molar-refractivity contribution in [3.8, 4) is 11.6 Å². The number of aryl methyl sites for hydroxylation is 1. The number of amides is 1. The third kappa shape index (κ3) is 4.61. The van der Waals surface area contributed by atoms with Crippen LogP contribution in [0.3, 0.4) is 0 Å². The summed E-state index contributed by atoms with van der Waals surface area (Å²) in [6.07, 6.45) is 2.46. The number of nitrogens with one attached hydrogen (secondary N) is 1. The molecule has 31 heavy (non-hydrogen) atoms. The van der Waals surface area contributed by atoms with E-state index in [4.69, 9.17) is 14.2 Å². The maximum absolute atomic E-state index is 12.6. The second-order valence-electron chi connectivity index (χ2n) is 7.66. The SMILES string of the molecule is COc1ccc(C2(CNC(=O)CCc3nnc4ccc(OC)nn34)CCOCC2)cc1. The smallest absolute Gasteiger partial charge is 0.231 e. The van der Waals surface area contributed by atoms with Crippen LogP contribution >= 0.6 is 0 Å². The van der Waals surface area contributed by atoms with Gasteiger partial charge in [0, 0.05) is 44.1 Å². The molecule has 1 aliphatic heterocycles. The average molecular weight is 425 g/mol. The van der Waals surface area contributed by atoms with Gasteiger partial charge in [0.15, 0.2) is 11.5 Å². The second-order valence-corrected chi connectivity index (χ2v) is 7.66. The van der Waals surface area contributed by atoms with Crippen LogP contribution in [0.1, 0.15) is 30.7 Å². The average Bonchev–Trinajstić information content (AvgIpc) is 3.24. The maximum atomic E-state index is 12.6. The molecule has 3 heterocycles. The third-order valence-corrected chi connectivity index (χ3v) is 5.86. The first-order valence-electron chi connectivity index (χ1n) is 10.4. The summed E-state index contributed by atoms with van der Waals surface area (Å²) in [4.78, 5) is 12.6. The van der Waals surface area contributed by atoms with E-state index in [0.29, 0.717) is 50.0 Å². The molecule has 9 nitrogen and oxygen atoms in total. The summed E-state index contributed by atoms with van der Waals surface area (Å²) in [5, 5.41) is 15.7. The molecule has 0 radical (unpaired) electrons. The molecule has 1 N–H and O–H groups in total. The number of benzene rings is 1. The minimum atomic E-state index is -0.142. The Morgan fingerprint density at radius 2 is 1.87 bits per heavy atom. The first-order chi connectivity index (χ1) is 15.1. The van der Waals surface area contributed by atoms with Gasteiger partial charge in [-0.1, -0.05) is 12.1 Å². The van der Waals surface area contributed by atoms with Gasteiger partial charge >= 0.3 is 0 Å². The Bertz CT molecular complexity index is 1030. The minimum absolute atomic E-state index is 0.0287. The Balaban J connectivity index is 1.40. The summed E-state index contributed by atoms with van der Waals surface area (Å²) < 4.78 is 17.6. The predicted octanol–water partition coefficient (Wildman–Crippen LogP) is 1.94. The first kappa shape index (κ1) is 21.0. The highest BCUT2D eigenvalue weighted by Crippen LogP contribution is 2.35. The number of methoxy groups -OCH3 is 2. The van der Waals surface area contributed by atoms with E-state index in [9.17, 15) is 4.79 Å². The number of rotatable bonds is 8. The molecule has 164 valence electrons. The summed E-state index contributed by atoms with van der Waals surface area (Å²) in [6.45, 7) is 1.93. The molecule has 1 saturated heterocycles. The number of hydrogen-bond donors (Lipinski definition) is 1. The summed E-state index contributed by atoms with van der Waals surface area (Å²) in [5.41, 5.74) is 1.67. The minimum Gasteiger partial charge on any atom is -0.497 e. The largest absolute Gasteiger partial charge is 0.497 e. The molecule has 1 aromatic carbocycles. The number of fused-ring (bicyclic) bond motifs is 1. The van der Waals surface area contributed by atoms with E-state index in [1.165, 1.54) is 5.56 Å². The molecule has 2 aromatic heterocycles. The number of hydrogen-bond acceptors (Lipinski definition) is 7. The topological polar surface area (TPSA) is 99.9 Å². The molecule has 0 aliphatic carbocycles. The van der Waals surface area contributed by atoms with E-state index in [0.717, 1.165) is 18.6 Å². The van der Waals surface area contributed by atoms with E-state index in [1.54, 1.807) is 30.9 Å². The fourth-order valence-electron chi connectivity index (χ4n) is 3.94. The molecular formula is C22H27N5O4. The van der Waals surface area contributed by atoms with Crippen molar-refractivity contribution in [2.24, 2.45) is 0 Å². The van der Waals surface area contributed by atoms with E-state index < -0.39 is 0 Å². The molecule has 0 unspecified atom stereocenters. The molecule has 0 spiro atoms. The van der Waals surface area contributed by atoms with Gasteiger partial charge in [0.25, 0.3) is 0 Å². The van der Waals surface area contributed by atoms with Gasteiger partial charge in [-0.15, -0.1) is 15.3 Å². The third-order valence-electron chi connectivity index (χ3n) is 5.86. The van der Waals surface area contributed by atoms with Crippen LogP contribution in [-0.4, -0.2) is 59.7 Å². The summed E-state index contributed by atoms with van der Waals surface area (Å²) in [7, 11) is 3.21. The Labute approximate surface area is 180 Å². The fourth-order valence-corrected chi connectivity index (χ4v) is 3.94. The van der Waals surface area contributed by atoms with Gasteiger partial charge in [-0.05, 0) is 36.6 Å². The van der Waals surface area contributed by atoms with Gasteiger partial charge in [0.05, 0.1) is 14.2 Å². The Hall–Kier alpha value is -3.20. The van der Waals surface area contributed by atoms with Crippen LogP contribution in [0.2, 0.25) is 0 Å². The highest BCUT2D eigenvalue weighted by molar-refractivity contribution is 5.76. The number of carbonyl (C=O) groups excluding carboxylic acids is 1. The molecule has 0 saturated carbocycles. The fraction of sp³-hybridized carbons (Fsp3) is 0.455. The molecule has 0 atom stereocenters. The first-order valence-corrected chi connectivity index (χ1v) is 10.4. The zero-order chi connectivity index (χ0) is 21.7. The van der Waals surface area contributed by atoms with Gasteiger partial charge in [-0.25, -0.2) is 0 Å². The van der Waals surface area contributed by atoms with Crippen molar-refractivity contribution in [2.45, 2.75) is 31.1 Å². The molecule has 9 heteroatoms. The van der Waals surface area contributed by atoms with Gasteiger partial charge < -0.3 is 19.5 Å². The van der Waals surface area contributed by atoms with E-state index in [-0.39, 0.29) is 11.3 Å². The van der Waals surface area contributed by atoms with Crippen molar-refractivity contribution in [1.82, 2.24) is 25.1 Å². The summed E-state index contributed by atoms with van der Waals surface area (Å²) in [5.74, 6) is 1.89. The standard InChI is InChI=1S/C22H27N5O4/c1-29-17-5-3-16(4-6-17)22(11-13-31-14-12-22)15-23-20(28)9-7-18-24-25-19-8-10-21(30-2)26-27(18)19/h3-6,8,10H,7,9,11-15H2,1-2H3,(H,23,28). The molecular weight excluding hydrogens is 398 g/mol. The number of carbonyl (C=O) groups is 1. The normalized spacial score (nSPS) is 15.5. The Morgan fingerprint density at radius 3 is 2.58 bits per heavy atom. The maximum Gasteiger partial charge on any atom is 0.231 e.